The highest BCUT2D eigenvalue weighted by Crippen LogP contribution is 2.28. The number of aromatic nitrogens is 1. The summed E-state index contributed by atoms with van der Waals surface area (Å²) in [6.07, 6.45) is 0. The largest absolute Gasteiger partial charge is 0.318 e. The summed E-state index contributed by atoms with van der Waals surface area (Å²) in [6, 6.07) is 6.17. The molecule has 1 aromatic carbocycles. The lowest BCUT2D eigenvalue weighted by Crippen LogP contribution is -2.13. The topological polar surface area (TPSA) is 38.9 Å². The smallest absolute Gasteiger partial charge is 0.114 e. The highest BCUT2D eigenvalue weighted by Gasteiger charge is 2.16. The van der Waals surface area contributed by atoms with E-state index >= 15 is 0 Å². The molecule has 0 aliphatic heterocycles. The van der Waals surface area contributed by atoms with Gasteiger partial charge in [-0.25, -0.2) is 4.98 Å². The highest BCUT2D eigenvalue weighted by atomic mass is 32.1. The molecule has 0 radical (unpaired) electrons. The average Bonchev–Trinajstić information content (AvgIpc) is 2.81. The summed E-state index contributed by atoms with van der Waals surface area (Å²) in [5, 5.41) is 3.12. The average molecular weight is 260 g/mol. The Hall–Kier alpha value is -1.19. The van der Waals surface area contributed by atoms with Gasteiger partial charge in [-0.2, -0.15) is 0 Å². The van der Waals surface area contributed by atoms with E-state index < -0.39 is 0 Å². The highest BCUT2D eigenvalue weighted by molar-refractivity contribution is 7.09. The van der Waals surface area contributed by atoms with Gasteiger partial charge in [0, 0.05) is 5.38 Å². The molecule has 18 heavy (non-hydrogen) atoms. The molecule has 0 saturated heterocycles. The van der Waals surface area contributed by atoms with E-state index in [9.17, 15) is 0 Å². The number of nitrogens with two attached hydrogens (primary N) is 1. The molecule has 96 valence electrons. The number of nitrogens with zero attached hydrogens (tertiary/aromatic N) is 1. The summed E-state index contributed by atoms with van der Waals surface area (Å²) >= 11 is 1.66. The monoisotopic (exact) mass is 260 g/mol. The van der Waals surface area contributed by atoms with Gasteiger partial charge in [0.05, 0.1) is 11.7 Å². The van der Waals surface area contributed by atoms with Crippen LogP contribution in [0.1, 0.15) is 53.2 Å². The first-order valence-corrected chi connectivity index (χ1v) is 7.15. The molecular weight excluding hydrogens is 240 g/mol. The number of rotatable bonds is 3. The molecule has 2 nitrogen and oxygen atoms in total. The van der Waals surface area contributed by atoms with E-state index in [-0.39, 0.29) is 6.04 Å². The van der Waals surface area contributed by atoms with E-state index in [1.807, 2.05) is 0 Å². The minimum atomic E-state index is -0.109. The van der Waals surface area contributed by atoms with Crippen LogP contribution in [-0.2, 0) is 0 Å². The quantitative estimate of drug-likeness (QED) is 0.908. The van der Waals surface area contributed by atoms with Crippen molar-refractivity contribution in [1.82, 2.24) is 4.98 Å². The maximum absolute atomic E-state index is 6.35. The zero-order valence-electron chi connectivity index (χ0n) is 11.4. The van der Waals surface area contributed by atoms with Crippen molar-refractivity contribution in [3.63, 3.8) is 0 Å². The third-order valence-corrected chi connectivity index (χ3v) is 4.32. The molecule has 1 aromatic heterocycles. The van der Waals surface area contributed by atoms with Crippen molar-refractivity contribution < 1.29 is 0 Å². The van der Waals surface area contributed by atoms with Gasteiger partial charge < -0.3 is 5.73 Å². The molecule has 2 rings (SSSR count). The molecule has 1 unspecified atom stereocenters. The fourth-order valence-corrected chi connectivity index (χ4v) is 2.95. The molecule has 2 N–H and O–H groups in total. The Morgan fingerprint density at radius 3 is 2.56 bits per heavy atom. The number of hydrogen-bond acceptors (Lipinski definition) is 3. The van der Waals surface area contributed by atoms with Gasteiger partial charge in [0.25, 0.3) is 0 Å². The number of benzene rings is 1. The predicted molar refractivity (Wildman–Crippen MR) is 78.1 cm³/mol. The maximum atomic E-state index is 6.35. The van der Waals surface area contributed by atoms with Crippen LogP contribution in [0.2, 0.25) is 0 Å². The van der Waals surface area contributed by atoms with Crippen molar-refractivity contribution in [3.05, 3.63) is 51.0 Å². The van der Waals surface area contributed by atoms with E-state index in [0.29, 0.717) is 5.92 Å². The van der Waals surface area contributed by atoms with Crippen LogP contribution in [-0.4, -0.2) is 4.98 Å². The zero-order valence-corrected chi connectivity index (χ0v) is 12.2. The van der Waals surface area contributed by atoms with Gasteiger partial charge in [-0.15, -0.1) is 11.3 Å². The van der Waals surface area contributed by atoms with E-state index in [1.165, 1.54) is 16.7 Å². The van der Waals surface area contributed by atoms with Gasteiger partial charge in [0.1, 0.15) is 5.01 Å². The molecule has 1 heterocycles. The standard InChI is InChI=1S/C15H20N2S/c1-9(2)13-8-18-15(17-13)14(16)12-7-5-6-10(3)11(12)4/h5-9,14H,16H2,1-4H3. The van der Waals surface area contributed by atoms with Crippen molar-refractivity contribution >= 4 is 11.3 Å². The summed E-state index contributed by atoms with van der Waals surface area (Å²) in [5.41, 5.74) is 11.2. The molecule has 0 fully saturated rings. The molecule has 0 spiro atoms. The fraction of sp³-hybridized carbons (Fsp3) is 0.400. The minimum absolute atomic E-state index is 0.109. The van der Waals surface area contributed by atoms with Gasteiger partial charge in [0.15, 0.2) is 0 Å². The SMILES string of the molecule is Cc1cccc(C(N)c2nc(C(C)C)cs2)c1C. The van der Waals surface area contributed by atoms with Crippen LogP contribution in [0.4, 0.5) is 0 Å². The van der Waals surface area contributed by atoms with E-state index in [4.69, 9.17) is 5.73 Å². The normalized spacial score (nSPS) is 13.0. The molecule has 0 bridgehead atoms. The summed E-state index contributed by atoms with van der Waals surface area (Å²) in [4.78, 5) is 4.65. The summed E-state index contributed by atoms with van der Waals surface area (Å²) in [5.74, 6) is 0.459. The third kappa shape index (κ3) is 2.47. The Kier molecular flexibility index (Phi) is 3.83. The van der Waals surface area contributed by atoms with Crippen molar-refractivity contribution in [2.45, 2.75) is 39.7 Å². The Morgan fingerprint density at radius 2 is 1.94 bits per heavy atom. The molecule has 0 saturated carbocycles. The molecule has 3 heteroatoms. The Bertz CT molecular complexity index is 543. The number of hydrogen-bond donors (Lipinski definition) is 1. The third-order valence-electron chi connectivity index (χ3n) is 3.38. The van der Waals surface area contributed by atoms with Crippen LogP contribution < -0.4 is 5.73 Å². The zero-order chi connectivity index (χ0) is 13.3. The summed E-state index contributed by atoms with van der Waals surface area (Å²) in [7, 11) is 0. The molecule has 0 aliphatic carbocycles. The first-order chi connectivity index (χ1) is 8.50. The second kappa shape index (κ2) is 5.21. The molecule has 1 atom stereocenters. The predicted octanol–water partition coefficient (Wildman–Crippen LogP) is 3.93. The lowest BCUT2D eigenvalue weighted by molar-refractivity contribution is 0.792. The van der Waals surface area contributed by atoms with Crippen molar-refractivity contribution in [2.24, 2.45) is 5.73 Å². The van der Waals surface area contributed by atoms with Gasteiger partial charge in [0.2, 0.25) is 0 Å². The number of aryl methyl sites for hydroxylation is 1. The fourth-order valence-electron chi connectivity index (χ4n) is 1.95. The second-order valence-electron chi connectivity index (χ2n) is 5.03. The second-order valence-corrected chi connectivity index (χ2v) is 5.92. The van der Waals surface area contributed by atoms with Crippen LogP contribution in [0.5, 0.6) is 0 Å². The Morgan fingerprint density at radius 1 is 1.22 bits per heavy atom. The van der Waals surface area contributed by atoms with E-state index in [1.54, 1.807) is 11.3 Å². The van der Waals surface area contributed by atoms with Crippen molar-refractivity contribution in [1.29, 1.82) is 0 Å². The van der Waals surface area contributed by atoms with Crippen LogP contribution in [0.25, 0.3) is 0 Å². The maximum Gasteiger partial charge on any atom is 0.114 e. The van der Waals surface area contributed by atoms with Gasteiger partial charge in [-0.05, 0) is 36.5 Å². The molecule has 0 aliphatic rings. The molecule has 2 aromatic rings. The van der Waals surface area contributed by atoms with Crippen LogP contribution in [0.3, 0.4) is 0 Å². The summed E-state index contributed by atoms with van der Waals surface area (Å²) < 4.78 is 0. The van der Waals surface area contributed by atoms with Crippen molar-refractivity contribution in [3.8, 4) is 0 Å². The number of thiazole rings is 1. The Balaban J connectivity index is 2.35. The molecule has 0 amide bonds. The van der Waals surface area contributed by atoms with Gasteiger partial charge >= 0.3 is 0 Å². The molecular formula is C15H20N2S. The first kappa shape index (κ1) is 13.2. The minimum Gasteiger partial charge on any atom is -0.318 e. The van der Waals surface area contributed by atoms with Gasteiger partial charge in [-0.3, -0.25) is 0 Å². The lowest BCUT2D eigenvalue weighted by atomic mass is 9.98. The van der Waals surface area contributed by atoms with Crippen LogP contribution in [0.15, 0.2) is 23.6 Å². The van der Waals surface area contributed by atoms with E-state index in [0.717, 1.165) is 10.7 Å². The summed E-state index contributed by atoms with van der Waals surface area (Å²) in [6.45, 7) is 8.55. The van der Waals surface area contributed by atoms with E-state index in [2.05, 4.69) is 56.3 Å². The van der Waals surface area contributed by atoms with Crippen LogP contribution >= 0.6 is 11.3 Å². The Labute approximate surface area is 113 Å². The van der Waals surface area contributed by atoms with Gasteiger partial charge in [-0.1, -0.05) is 32.0 Å². The lowest BCUT2D eigenvalue weighted by Gasteiger charge is -2.14. The van der Waals surface area contributed by atoms with Crippen LogP contribution in [0, 0.1) is 13.8 Å². The van der Waals surface area contributed by atoms with Crippen molar-refractivity contribution in [2.75, 3.05) is 0 Å². The first-order valence-electron chi connectivity index (χ1n) is 6.27.